The molecule has 0 aliphatic heterocycles. The first-order chi connectivity index (χ1) is 11.6. The lowest BCUT2D eigenvalue weighted by Crippen LogP contribution is -2.35. The standard InChI is InChI=1S/C16H18N4O4/c1-24-13-6-2-11(3-7-13)8-20(12-4-5-12)15(21)10-19-9-14(16(22)23)17-18-19/h2-3,6-7,9,12H,4-5,8,10H2,1H3,(H,22,23). The first-order valence-corrected chi connectivity index (χ1v) is 7.62. The minimum Gasteiger partial charge on any atom is -0.497 e. The van der Waals surface area contributed by atoms with Crippen molar-refractivity contribution in [2.24, 2.45) is 0 Å². The molecule has 1 aliphatic rings. The van der Waals surface area contributed by atoms with Crippen molar-refractivity contribution in [3.8, 4) is 5.75 Å². The fourth-order valence-corrected chi connectivity index (χ4v) is 2.44. The Hall–Kier alpha value is -2.90. The molecule has 1 fully saturated rings. The molecular formula is C16H18N4O4. The predicted octanol–water partition coefficient (Wildman–Crippen LogP) is 1.18. The highest BCUT2D eigenvalue weighted by atomic mass is 16.5. The van der Waals surface area contributed by atoms with Gasteiger partial charge in [0.05, 0.1) is 13.3 Å². The Bertz CT molecular complexity index is 737. The summed E-state index contributed by atoms with van der Waals surface area (Å²) in [4.78, 5) is 25.2. The Morgan fingerprint density at radius 1 is 1.33 bits per heavy atom. The molecule has 8 nitrogen and oxygen atoms in total. The average molecular weight is 330 g/mol. The van der Waals surface area contributed by atoms with Gasteiger partial charge in [0, 0.05) is 12.6 Å². The molecule has 126 valence electrons. The normalized spacial score (nSPS) is 13.5. The molecule has 1 aliphatic carbocycles. The van der Waals surface area contributed by atoms with Crippen LogP contribution in [0, 0.1) is 0 Å². The van der Waals surface area contributed by atoms with Gasteiger partial charge < -0.3 is 14.7 Å². The van der Waals surface area contributed by atoms with Crippen LogP contribution in [0.3, 0.4) is 0 Å². The van der Waals surface area contributed by atoms with Gasteiger partial charge in [0.2, 0.25) is 5.91 Å². The molecule has 3 rings (SSSR count). The summed E-state index contributed by atoms with van der Waals surface area (Å²) in [5.41, 5.74) is 0.844. The minimum absolute atomic E-state index is 0.0209. The molecule has 0 bridgehead atoms. The van der Waals surface area contributed by atoms with E-state index in [0.717, 1.165) is 24.2 Å². The van der Waals surface area contributed by atoms with E-state index in [-0.39, 0.29) is 24.2 Å². The molecule has 2 aromatic rings. The van der Waals surface area contributed by atoms with Gasteiger partial charge in [0.15, 0.2) is 5.69 Å². The third-order valence-electron chi connectivity index (χ3n) is 3.87. The number of carbonyl (C=O) groups is 2. The van der Waals surface area contributed by atoms with Crippen LogP contribution in [0.15, 0.2) is 30.5 Å². The van der Waals surface area contributed by atoms with Gasteiger partial charge in [0.1, 0.15) is 12.3 Å². The molecule has 0 spiro atoms. The number of hydrogen-bond acceptors (Lipinski definition) is 5. The highest BCUT2D eigenvalue weighted by Gasteiger charge is 2.32. The SMILES string of the molecule is COc1ccc(CN(C(=O)Cn2cc(C(=O)O)nn2)C2CC2)cc1. The number of rotatable bonds is 7. The molecule has 1 saturated carbocycles. The van der Waals surface area contributed by atoms with Crippen molar-refractivity contribution < 1.29 is 19.4 Å². The number of carboxylic acids is 1. The highest BCUT2D eigenvalue weighted by Crippen LogP contribution is 2.29. The lowest BCUT2D eigenvalue weighted by molar-refractivity contribution is -0.133. The van der Waals surface area contributed by atoms with Crippen molar-refractivity contribution in [3.63, 3.8) is 0 Å². The zero-order valence-corrected chi connectivity index (χ0v) is 13.3. The zero-order chi connectivity index (χ0) is 17.1. The second-order valence-corrected chi connectivity index (χ2v) is 5.71. The summed E-state index contributed by atoms with van der Waals surface area (Å²) in [6.07, 6.45) is 3.23. The number of carboxylic acid groups (broad SMARTS) is 1. The molecule has 1 aromatic heterocycles. The quantitative estimate of drug-likeness (QED) is 0.818. The summed E-state index contributed by atoms with van der Waals surface area (Å²) in [6, 6.07) is 7.82. The van der Waals surface area contributed by atoms with Gasteiger partial charge in [-0.1, -0.05) is 17.3 Å². The summed E-state index contributed by atoms with van der Waals surface area (Å²) < 4.78 is 6.39. The van der Waals surface area contributed by atoms with E-state index in [4.69, 9.17) is 9.84 Å². The van der Waals surface area contributed by atoms with E-state index < -0.39 is 5.97 Å². The van der Waals surface area contributed by atoms with Crippen LogP contribution in [0.1, 0.15) is 28.9 Å². The number of nitrogens with zero attached hydrogens (tertiary/aromatic N) is 4. The summed E-state index contributed by atoms with van der Waals surface area (Å²) in [5.74, 6) is -0.493. The minimum atomic E-state index is -1.16. The van der Waals surface area contributed by atoms with Crippen LogP contribution in [0.25, 0.3) is 0 Å². The predicted molar refractivity (Wildman–Crippen MR) is 83.5 cm³/mol. The lowest BCUT2D eigenvalue weighted by atomic mass is 10.2. The Morgan fingerprint density at radius 2 is 2.04 bits per heavy atom. The molecule has 0 saturated heterocycles. The van der Waals surface area contributed by atoms with Crippen molar-refractivity contribution in [1.82, 2.24) is 19.9 Å². The number of methoxy groups -OCH3 is 1. The van der Waals surface area contributed by atoms with E-state index in [1.807, 2.05) is 29.2 Å². The summed E-state index contributed by atoms with van der Waals surface area (Å²) in [7, 11) is 1.61. The van der Waals surface area contributed by atoms with Crippen LogP contribution < -0.4 is 4.74 Å². The molecule has 1 amide bonds. The second kappa shape index (κ2) is 6.69. The zero-order valence-electron chi connectivity index (χ0n) is 13.3. The molecule has 0 radical (unpaired) electrons. The van der Waals surface area contributed by atoms with Crippen molar-refractivity contribution in [1.29, 1.82) is 0 Å². The number of aromatic nitrogens is 3. The molecule has 1 heterocycles. The number of ether oxygens (including phenoxy) is 1. The van der Waals surface area contributed by atoms with E-state index >= 15 is 0 Å². The molecule has 0 unspecified atom stereocenters. The van der Waals surface area contributed by atoms with Crippen molar-refractivity contribution in [3.05, 3.63) is 41.7 Å². The highest BCUT2D eigenvalue weighted by molar-refractivity contribution is 5.84. The fraction of sp³-hybridized carbons (Fsp3) is 0.375. The number of benzene rings is 1. The van der Waals surface area contributed by atoms with Crippen LogP contribution in [0.2, 0.25) is 0 Å². The molecule has 1 aromatic carbocycles. The molecule has 1 N–H and O–H groups in total. The maximum absolute atomic E-state index is 12.6. The molecular weight excluding hydrogens is 312 g/mol. The monoisotopic (exact) mass is 330 g/mol. The number of hydrogen-bond donors (Lipinski definition) is 1. The van der Waals surface area contributed by atoms with Gasteiger partial charge in [0.25, 0.3) is 0 Å². The van der Waals surface area contributed by atoms with Gasteiger partial charge in [-0.3, -0.25) is 4.79 Å². The fourth-order valence-electron chi connectivity index (χ4n) is 2.44. The van der Waals surface area contributed by atoms with E-state index in [2.05, 4.69) is 10.3 Å². The maximum Gasteiger partial charge on any atom is 0.358 e. The number of amides is 1. The van der Waals surface area contributed by atoms with Crippen molar-refractivity contribution >= 4 is 11.9 Å². The first kappa shape index (κ1) is 16.0. The van der Waals surface area contributed by atoms with E-state index in [9.17, 15) is 9.59 Å². The summed E-state index contributed by atoms with van der Waals surface area (Å²) in [5, 5.41) is 16.1. The molecule has 24 heavy (non-hydrogen) atoms. The van der Waals surface area contributed by atoms with Crippen LogP contribution in [0.4, 0.5) is 0 Å². The van der Waals surface area contributed by atoms with Gasteiger partial charge in [-0.25, -0.2) is 9.48 Å². The molecule has 8 heteroatoms. The topological polar surface area (TPSA) is 97.5 Å². The Labute approximate surface area is 138 Å². The van der Waals surface area contributed by atoms with Crippen LogP contribution in [-0.2, 0) is 17.9 Å². The van der Waals surface area contributed by atoms with Crippen molar-refractivity contribution in [2.75, 3.05) is 7.11 Å². The average Bonchev–Trinajstić information content (AvgIpc) is 3.31. The summed E-state index contributed by atoms with van der Waals surface area (Å²) in [6.45, 7) is 0.487. The molecule has 0 atom stereocenters. The van der Waals surface area contributed by atoms with Crippen LogP contribution >= 0.6 is 0 Å². The van der Waals surface area contributed by atoms with E-state index in [1.54, 1.807) is 7.11 Å². The van der Waals surface area contributed by atoms with Gasteiger partial charge in [-0.2, -0.15) is 0 Å². The van der Waals surface area contributed by atoms with Crippen molar-refractivity contribution in [2.45, 2.75) is 32.0 Å². The van der Waals surface area contributed by atoms with Crippen LogP contribution in [0.5, 0.6) is 5.75 Å². The number of aromatic carboxylic acids is 1. The maximum atomic E-state index is 12.6. The second-order valence-electron chi connectivity index (χ2n) is 5.71. The Morgan fingerprint density at radius 3 is 2.58 bits per heavy atom. The third-order valence-corrected chi connectivity index (χ3v) is 3.87. The first-order valence-electron chi connectivity index (χ1n) is 7.62. The van der Waals surface area contributed by atoms with E-state index in [0.29, 0.717) is 6.54 Å². The van der Waals surface area contributed by atoms with Gasteiger partial charge in [-0.15, -0.1) is 5.10 Å². The number of carbonyl (C=O) groups excluding carboxylic acids is 1. The lowest BCUT2D eigenvalue weighted by Gasteiger charge is -2.22. The van der Waals surface area contributed by atoms with Gasteiger partial charge >= 0.3 is 5.97 Å². The smallest absolute Gasteiger partial charge is 0.358 e. The third kappa shape index (κ3) is 3.70. The van der Waals surface area contributed by atoms with Crippen LogP contribution in [-0.4, -0.2) is 50.0 Å². The largest absolute Gasteiger partial charge is 0.497 e. The summed E-state index contributed by atoms with van der Waals surface area (Å²) >= 11 is 0. The van der Waals surface area contributed by atoms with Gasteiger partial charge in [-0.05, 0) is 30.5 Å². The Kier molecular flexibility index (Phi) is 4.45. The Balaban J connectivity index is 1.67. The van der Waals surface area contributed by atoms with E-state index in [1.165, 1.54) is 10.9 Å².